The van der Waals surface area contributed by atoms with Crippen molar-refractivity contribution in [1.82, 2.24) is 9.80 Å². The number of likely N-dealkylation sites (tertiary alicyclic amines) is 1. The number of aliphatic carboxylic acids is 1. The number of ether oxygens (including phenoxy) is 3. The van der Waals surface area contributed by atoms with E-state index in [4.69, 9.17) is 14.2 Å². The van der Waals surface area contributed by atoms with Gasteiger partial charge in [-0.3, -0.25) is 4.90 Å². The van der Waals surface area contributed by atoms with Crippen LogP contribution >= 0.6 is 0 Å². The first-order chi connectivity index (χ1) is 20.4. The fraction of sp³-hybridized carbons (Fsp3) is 0.559. The lowest BCUT2D eigenvalue weighted by Gasteiger charge is -2.49. The molecule has 2 fully saturated rings. The Morgan fingerprint density at radius 1 is 0.977 bits per heavy atom. The van der Waals surface area contributed by atoms with Crippen LogP contribution in [0.15, 0.2) is 48.5 Å². The Bertz CT molecular complexity index is 1320. The number of carbonyl (C=O) groups is 3. The summed E-state index contributed by atoms with van der Waals surface area (Å²) in [6, 6.07) is 15.4. The zero-order valence-electron chi connectivity index (χ0n) is 25.9. The number of carboxylic acids is 1. The molecule has 2 atom stereocenters. The third kappa shape index (κ3) is 6.09. The highest BCUT2D eigenvalue weighted by Gasteiger charge is 2.57. The topological polar surface area (TPSA) is 106 Å². The molecule has 9 nitrogen and oxygen atoms in total. The van der Waals surface area contributed by atoms with Crippen LogP contribution in [0.1, 0.15) is 76.8 Å². The number of carbonyl (C=O) groups excluding carboxylic acids is 2. The molecule has 0 radical (unpaired) electrons. The van der Waals surface area contributed by atoms with Crippen molar-refractivity contribution in [3.8, 4) is 11.1 Å². The molecule has 232 valence electrons. The van der Waals surface area contributed by atoms with Crippen molar-refractivity contribution in [2.45, 2.75) is 82.9 Å². The third-order valence-electron chi connectivity index (χ3n) is 9.23. The van der Waals surface area contributed by atoms with Crippen LogP contribution in [-0.2, 0) is 19.0 Å². The molecule has 1 aliphatic heterocycles. The lowest BCUT2D eigenvalue weighted by atomic mass is 9.82. The fourth-order valence-corrected chi connectivity index (χ4v) is 6.75. The molecule has 1 unspecified atom stereocenters. The molecule has 1 saturated heterocycles. The number of nitrogens with zero attached hydrogens (tertiary/aromatic N) is 2. The van der Waals surface area contributed by atoms with Gasteiger partial charge < -0.3 is 24.2 Å². The van der Waals surface area contributed by atoms with E-state index >= 15 is 0 Å². The Kier molecular flexibility index (Phi) is 8.49. The van der Waals surface area contributed by atoms with Gasteiger partial charge in [0.25, 0.3) is 0 Å². The van der Waals surface area contributed by atoms with Crippen molar-refractivity contribution in [3.05, 3.63) is 59.7 Å². The van der Waals surface area contributed by atoms with E-state index in [1.165, 1.54) is 9.80 Å². The molecule has 5 rings (SSSR count). The molecule has 0 spiro atoms. The van der Waals surface area contributed by atoms with E-state index in [0.29, 0.717) is 19.6 Å². The lowest BCUT2D eigenvalue weighted by Crippen LogP contribution is -2.69. The van der Waals surface area contributed by atoms with Gasteiger partial charge in [0.2, 0.25) is 0 Å². The molecular weight excluding hydrogens is 548 g/mol. The number of amides is 2. The van der Waals surface area contributed by atoms with Gasteiger partial charge in [0, 0.05) is 31.5 Å². The van der Waals surface area contributed by atoms with E-state index in [-0.39, 0.29) is 24.5 Å². The Hall–Kier alpha value is -3.59. The van der Waals surface area contributed by atoms with E-state index in [9.17, 15) is 19.5 Å². The van der Waals surface area contributed by atoms with Gasteiger partial charge in [-0.2, -0.15) is 0 Å². The Morgan fingerprint density at radius 2 is 1.58 bits per heavy atom. The minimum absolute atomic E-state index is 0.0663. The fourth-order valence-electron chi connectivity index (χ4n) is 6.75. The summed E-state index contributed by atoms with van der Waals surface area (Å²) in [7, 11) is 1.61. The van der Waals surface area contributed by atoms with Gasteiger partial charge >= 0.3 is 18.2 Å². The number of hydrogen-bond donors (Lipinski definition) is 1. The van der Waals surface area contributed by atoms with E-state index in [2.05, 4.69) is 12.1 Å². The second kappa shape index (κ2) is 11.8. The van der Waals surface area contributed by atoms with Crippen LogP contribution in [0.3, 0.4) is 0 Å². The van der Waals surface area contributed by atoms with Gasteiger partial charge in [-0.15, -0.1) is 0 Å². The number of piperidine rings is 1. The van der Waals surface area contributed by atoms with Crippen molar-refractivity contribution < 1.29 is 33.7 Å². The van der Waals surface area contributed by atoms with Crippen LogP contribution < -0.4 is 0 Å². The summed E-state index contributed by atoms with van der Waals surface area (Å²) in [6.45, 7) is 7.86. The number of benzene rings is 2. The van der Waals surface area contributed by atoms with Gasteiger partial charge in [0.15, 0.2) is 5.54 Å². The molecule has 1 N–H and O–H groups in total. The molecule has 1 heterocycles. The highest BCUT2D eigenvalue weighted by atomic mass is 16.6. The molecule has 2 aromatic carbocycles. The van der Waals surface area contributed by atoms with Crippen LogP contribution in [0.4, 0.5) is 9.59 Å². The molecule has 9 heteroatoms. The SMILES string of the molecule is COCC1(CN(C(=O)OCC2c3ccccc3-c3ccccc32)C(C)(C(=O)O)[C@@H]2CCCCN2C(=O)OC(C)(C)C)CC1. The zero-order chi connectivity index (χ0) is 31.0. The molecule has 2 aromatic rings. The highest BCUT2D eigenvalue weighted by molar-refractivity contribution is 5.86. The Morgan fingerprint density at radius 3 is 2.12 bits per heavy atom. The van der Waals surface area contributed by atoms with Gasteiger partial charge in [-0.05, 0) is 82.1 Å². The maximum absolute atomic E-state index is 14.2. The van der Waals surface area contributed by atoms with Crippen LogP contribution in [0.2, 0.25) is 0 Å². The zero-order valence-corrected chi connectivity index (χ0v) is 25.9. The highest BCUT2D eigenvalue weighted by Crippen LogP contribution is 2.49. The van der Waals surface area contributed by atoms with Crippen molar-refractivity contribution in [2.24, 2.45) is 5.41 Å². The quantitative estimate of drug-likeness (QED) is 0.364. The summed E-state index contributed by atoms with van der Waals surface area (Å²) >= 11 is 0. The largest absolute Gasteiger partial charge is 0.479 e. The predicted octanol–water partition coefficient (Wildman–Crippen LogP) is 6.30. The molecular formula is C34H44N2O7. The minimum atomic E-state index is -1.76. The molecule has 1 saturated carbocycles. The number of fused-ring (bicyclic) bond motifs is 3. The number of carboxylic acid groups (broad SMARTS) is 1. The second-order valence-electron chi connectivity index (χ2n) is 13.5. The van der Waals surface area contributed by atoms with Gasteiger partial charge in [0.05, 0.1) is 12.6 Å². The summed E-state index contributed by atoms with van der Waals surface area (Å²) in [4.78, 5) is 43.8. The molecule has 43 heavy (non-hydrogen) atoms. The summed E-state index contributed by atoms with van der Waals surface area (Å²) in [6.07, 6.45) is 2.22. The van der Waals surface area contributed by atoms with Crippen LogP contribution in [0.25, 0.3) is 11.1 Å². The predicted molar refractivity (Wildman–Crippen MR) is 162 cm³/mol. The molecule has 2 aliphatic carbocycles. The lowest BCUT2D eigenvalue weighted by molar-refractivity contribution is -0.156. The first kappa shape index (κ1) is 30.9. The Labute approximate surface area is 254 Å². The van der Waals surface area contributed by atoms with E-state index in [1.54, 1.807) is 34.8 Å². The average molecular weight is 593 g/mol. The molecule has 0 bridgehead atoms. The smallest absolute Gasteiger partial charge is 0.410 e. The van der Waals surface area contributed by atoms with E-state index in [0.717, 1.165) is 47.9 Å². The van der Waals surface area contributed by atoms with Crippen LogP contribution in [0, 0.1) is 5.41 Å². The van der Waals surface area contributed by atoms with Gasteiger partial charge in [0.1, 0.15) is 12.2 Å². The van der Waals surface area contributed by atoms with Crippen LogP contribution in [-0.4, -0.2) is 83.7 Å². The normalized spacial score (nSPS) is 20.4. The van der Waals surface area contributed by atoms with Gasteiger partial charge in [-0.25, -0.2) is 14.4 Å². The summed E-state index contributed by atoms with van der Waals surface area (Å²) in [5.74, 6) is -1.36. The maximum Gasteiger partial charge on any atom is 0.410 e. The first-order valence-corrected chi connectivity index (χ1v) is 15.2. The Balaban J connectivity index is 1.47. The monoisotopic (exact) mass is 592 g/mol. The van der Waals surface area contributed by atoms with E-state index < -0.39 is 35.3 Å². The van der Waals surface area contributed by atoms with E-state index in [1.807, 2.05) is 36.4 Å². The number of methoxy groups -OCH3 is 1. The summed E-state index contributed by atoms with van der Waals surface area (Å²) < 4.78 is 17.3. The first-order valence-electron chi connectivity index (χ1n) is 15.2. The van der Waals surface area contributed by atoms with Crippen molar-refractivity contribution >= 4 is 18.2 Å². The molecule has 2 amide bonds. The summed E-state index contributed by atoms with van der Waals surface area (Å²) in [5, 5.41) is 10.9. The summed E-state index contributed by atoms with van der Waals surface area (Å²) in [5.41, 5.74) is 1.50. The molecule has 3 aliphatic rings. The van der Waals surface area contributed by atoms with Crippen molar-refractivity contribution in [2.75, 3.05) is 33.4 Å². The molecule has 0 aromatic heterocycles. The average Bonchev–Trinajstić information content (AvgIpc) is 3.66. The van der Waals surface area contributed by atoms with Crippen molar-refractivity contribution in [3.63, 3.8) is 0 Å². The third-order valence-corrected chi connectivity index (χ3v) is 9.23. The minimum Gasteiger partial charge on any atom is -0.479 e. The van der Waals surface area contributed by atoms with Crippen LogP contribution in [0.5, 0.6) is 0 Å². The standard InChI is InChI=1S/C34H44N2O7/c1-32(2,3)43-30(39)35-19-11-10-16-28(35)33(4,29(37)38)36(21-34(17-18-34)22-41-5)31(40)42-20-27-25-14-8-6-12-23(25)24-13-7-9-15-26(24)27/h6-9,12-15,27-28H,10-11,16-22H2,1-5H3,(H,37,38)/t28-,33?/m0/s1. The number of hydrogen-bond acceptors (Lipinski definition) is 6. The second-order valence-corrected chi connectivity index (χ2v) is 13.5. The maximum atomic E-state index is 14.2. The van der Waals surface area contributed by atoms with Gasteiger partial charge in [-0.1, -0.05) is 48.5 Å². The number of rotatable bonds is 9. The van der Waals surface area contributed by atoms with Crippen molar-refractivity contribution in [1.29, 1.82) is 0 Å².